The first kappa shape index (κ1) is 18.7. The van der Waals surface area contributed by atoms with Crippen LogP contribution in [0.2, 0.25) is 0 Å². The summed E-state index contributed by atoms with van der Waals surface area (Å²) in [4.78, 5) is 11.2. The van der Waals surface area contributed by atoms with Gasteiger partial charge in [-0.05, 0) is 36.1 Å². The molecule has 24 heavy (non-hydrogen) atoms. The minimum absolute atomic E-state index is 0.0689. The molecule has 1 heterocycles. The quantitative estimate of drug-likeness (QED) is 0.822. The zero-order valence-corrected chi connectivity index (χ0v) is 14.8. The molecule has 0 amide bonds. The second-order valence-electron chi connectivity index (χ2n) is 6.22. The maximum absolute atomic E-state index is 12.8. The predicted molar refractivity (Wildman–Crippen MR) is 87.6 cm³/mol. The average Bonchev–Trinajstić information content (AvgIpc) is 2.53. The van der Waals surface area contributed by atoms with Gasteiger partial charge in [0.05, 0.1) is 24.0 Å². The van der Waals surface area contributed by atoms with E-state index in [0.717, 1.165) is 9.87 Å². The Morgan fingerprint density at radius 2 is 2.04 bits per heavy atom. The number of sulfonamides is 1. The molecule has 1 aromatic carbocycles. The first-order valence-corrected chi connectivity index (χ1v) is 9.21. The van der Waals surface area contributed by atoms with Gasteiger partial charge >= 0.3 is 5.97 Å². The van der Waals surface area contributed by atoms with E-state index in [1.54, 1.807) is 12.1 Å². The molecule has 0 aromatic heterocycles. The second kappa shape index (κ2) is 7.08. The number of carbonyl (C=O) groups is 1. The maximum Gasteiger partial charge on any atom is 0.309 e. The molecule has 1 fully saturated rings. The molecule has 0 spiro atoms. The van der Waals surface area contributed by atoms with Crippen LogP contribution in [-0.2, 0) is 14.8 Å². The van der Waals surface area contributed by atoms with Gasteiger partial charge in [-0.1, -0.05) is 13.8 Å². The van der Waals surface area contributed by atoms with Crippen LogP contribution < -0.4 is 4.74 Å². The van der Waals surface area contributed by atoms with E-state index < -0.39 is 28.0 Å². The van der Waals surface area contributed by atoms with E-state index in [9.17, 15) is 18.3 Å². The lowest BCUT2D eigenvalue weighted by Crippen LogP contribution is -2.48. The lowest BCUT2D eigenvalue weighted by Gasteiger charge is -2.33. The Kier molecular flexibility index (Phi) is 5.52. The van der Waals surface area contributed by atoms with Gasteiger partial charge in [0.1, 0.15) is 5.75 Å². The van der Waals surface area contributed by atoms with Crippen LogP contribution in [0, 0.1) is 5.92 Å². The van der Waals surface area contributed by atoms with Crippen molar-refractivity contribution in [3.63, 3.8) is 0 Å². The Bertz CT molecular complexity index is 715. The minimum atomic E-state index is -3.80. The van der Waals surface area contributed by atoms with E-state index in [1.807, 2.05) is 13.8 Å². The van der Waals surface area contributed by atoms with Crippen LogP contribution in [0.15, 0.2) is 23.1 Å². The topological polar surface area (TPSA) is 104 Å². The monoisotopic (exact) mass is 357 g/mol. The summed E-state index contributed by atoms with van der Waals surface area (Å²) in [5.41, 5.74) is 0.777. The first-order valence-electron chi connectivity index (χ1n) is 7.77. The molecular formula is C16H23NO6S. The highest BCUT2D eigenvalue weighted by molar-refractivity contribution is 7.89. The Morgan fingerprint density at radius 1 is 1.38 bits per heavy atom. The van der Waals surface area contributed by atoms with Crippen LogP contribution in [0.1, 0.15) is 31.7 Å². The van der Waals surface area contributed by atoms with Crippen molar-refractivity contribution in [1.82, 2.24) is 4.31 Å². The molecule has 8 heteroatoms. The number of hydrogen-bond acceptors (Lipinski definition) is 5. The molecule has 0 unspecified atom stereocenters. The van der Waals surface area contributed by atoms with E-state index in [2.05, 4.69) is 0 Å². The third-order valence-corrected chi connectivity index (χ3v) is 6.18. The molecule has 0 aliphatic carbocycles. The van der Waals surface area contributed by atoms with E-state index >= 15 is 0 Å². The molecule has 7 nitrogen and oxygen atoms in total. The summed E-state index contributed by atoms with van der Waals surface area (Å²) in [5, 5.41) is 19.0. The van der Waals surface area contributed by atoms with Crippen LogP contribution >= 0.6 is 0 Å². The van der Waals surface area contributed by atoms with E-state index in [0.29, 0.717) is 5.75 Å². The third kappa shape index (κ3) is 3.55. The Morgan fingerprint density at radius 3 is 2.54 bits per heavy atom. The molecule has 1 aromatic rings. The summed E-state index contributed by atoms with van der Waals surface area (Å²) in [5.74, 6) is -1.34. The standard InChI is InChI=1S/C16H23NO6S/c1-10(2)13-8-11(4-5-15(13)23-3)24(21,22)17-7-6-12(16(19)20)14(18)9-17/h4-5,8,10,12,14,18H,6-7,9H2,1-3H3,(H,19,20)/t12-,14+/m0/s1. The smallest absolute Gasteiger partial charge is 0.309 e. The molecule has 2 N–H and O–H groups in total. The third-order valence-electron chi connectivity index (χ3n) is 4.32. The van der Waals surface area contributed by atoms with Gasteiger partial charge in [0.25, 0.3) is 0 Å². The highest BCUT2D eigenvalue weighted by Crippen LogP contribution is 2.31. The number of carboxylic acid groups (broad SMARTS) is 1. The van der Waals surface area contributed by atoms with Crippen molar-refractivity contribution in [2.45, 2.75) is 37.2 Å². The number of benzene rings is 1. The molecule has 1 saturated heterocycles. The van der Waals surface area contributed by atoms with Gasteiger partial charge in [-0.25, -0.2) is 8.42 Å². The number of rotatable bonds is 5. The fraction of sp³-hybridized carbons (Fsp3) is 0.562. The molecule has 0 saturated carbocycles. The number of hydrogen-bond donors (Lipinski definition) is 2. The minimum Gasteiger partial charge on any atom is -0.496 e. The molecule has 134 valence electrons. The number of nitrogens with zero attached hydrogens (tertiary/aromatic N) is 1. The van der Waals surface area contributed by atoms with Gasteiger partial charge in [-0.3, -0.25) is 4.79 Å². The van der Waals surface area contributed by atoms with Crippen LogP contribution in [0.5, 0.6) is 5.75 Å². The summed E-state index contributed by atoms with van der Waals surface area (Å²) in [6.07, 6.45) is -1.13. The van der Waals surface area contributed by atoms with Crippen LogP contribution in [0.25, 0.3) is 0 Å². The van der Waals surface area contributed by atoms with Crippen molar-refractivity contribution in [2.75, 3.05) is 20.2 Å². The number of β-amino-alcohol motifs (C(OH)–C–C–N with tert-alkyl or cyclic N) is 1. The average molecular weight is 357 g/mol. The van der Waals surface area contributed by atoms with Gasteiger partial charge in [0.2, 0.25) is 10.0 Å². The van der Waals surface area contributed by atoms with E-state index in [4.69, 9.17) is 9.84 Å². The Hall–Kier alpha value is -1.64. The van der Waals surface area contributed by atoms with Gasteiger partial charge in [0.15, 0.2) is 0 Å². The largest absolute Gasteiger partial charge is 0.496 e. The summed E-state index contributed by atoms with van der Waals surface area (Å²) < 4.78 is 32.0. The lowest BCUT2D eigenvalue weighted by molar-refractivity contribution is -0.147. The van der Waals surface area contributed by atoms with Gasteiger partial charge < -0.3 is 14.9 Å². The Labute approximate surface area is 141 Å². The van der Waals surface area contributed by atoms with Gasteiger partial charge in [0, 0.05) is 13.1 Å². The Balaban J connectivity index is 2.31. The van der Waals surface area contributed by atoms with E-state index in [1.165, 1.54) is 13.2 Å². The fourth-order valence-electron chi connectivity index (χ4n) is 2.88. The fourth-order valence-corrected chi connectivity index (χ4v) is 4.39. The van der Waals surface area contributed by atoms with Crippen LogP contribution in [-0.4, -0.2) is 55.2 Å². The number of aliphatic carboxylic acids is 1. The van der Waals surface area contributed by atoms with Gasteiger partial charge in [-0.15, -0.1) is 0 Å². The number of aliphatic hydroxyl groups is 1. The number of carboxylic acids is 1. The maximum atomic E-state index is 12.8. The number of aliphatic hydroxyl groups excluding tert-OH is 1. The van der Waals surface area contributed by atoms with Crippen molar-refractivity contribution < 1.29 is 28.2 Å². The lowest BCUT2D eigenvalue weighted by atomic mass is 9.95. The van der Waals surface area contributed by atoms with Crippen molar-refractivity contribution in [3.05, 3.63) is 23.8 Å². The zero-order chi connectivity index (χ0) is 18.1. The molecule has 2 rings (SSSR count). The van der Waals surface area contributed by atoms with Crippen LogP contribution in [0.3, 0.4) is 0 Å². The SMILES string of the molecule is COc1ccc(S(=O)(=O)N2CC[C@H](C(=O)O)[C@H](O)C2)cc1C(C)C. The summed E-state index contributed by atoms with van der Waals surface area (Å²) in [7, 11) is -2.27. The number of methoxy groups -OCH3 is 1. The molecule has 2 atom stereocenters. The molecular weight excluding hydrogens is 334 g/mol. The van der Waals surface area contributed by atoms with Crippen molar-refractivity contribution in [2.24, 2.45) is 5.92 Å². The van der Waals surface area contributed by atoms with Crippen molar-refractivity contribution >= 4 is 16.0 Å². The second-order valence-corrected chi connectivity index (χ2v) is 8.16. The molecule has 1 aliphatic rings. The normalized spacial score (nSPS) is 22.5. The van der Waals surface area contributed by atoms with Crippen molar-refractivity contribution in [3.8, 4) is 5.75 Å². The first-order chi connectivity index (χ1) is 11.2. The molecule has 0 radical (unpaired) electrons. The van der Waals surface area contributed by atoms with E-state index in [-0.39, 0.29) is 30.3 Å². The molecule has 0 bridgehead atoms. The number of ether oxygens (including phenoxy) is 1. The van der Waals surface area contributed by atoms with Crippen LogP contribution in [0.4, 0.5) is 0 Å². The highest BCUT2D eigenvalue weighted by Gasteiger charge is 2.38. The molecule has 1 aliphatic heterocycles. The summed E-state index contributed by atoms with van der Waals surface area (Å²) in [6, 6.07) is 4.66. The number of piperidine rings is 1. The predicted octanol–water partition coefficient (Wildman–Crippen LogP) is 1.27. The van der Waals surface area contributed by atoms with Crippen molar-refractivity contribution in [1.29, 1.82) is 0 Å². The van der Waals surface area contributed by atoms with Gasteiger partial charge in [-0.2, -0.15) is 4.31 Å². The zero-order valence-electron chi connectivity index (χ0n) is 14.0. The summed E-state index contributed by atoms with van der Waals surface area (Å²) in [6.45, 7) is 3.73. The highest BCUT2D eigenvalue weighted by atomic mass is 32.2. The summed E-state index contributed by atoms with van der Waals surface area (Å²) >= 11 is 0.